The highest BCUT2D eigenvalue weighted by Gasteiger charge is 2.12. The Labute approximate surface area is 115 Å². The van der Waals surface area contributed by atoms with Crippen LogP contribution < -0.4 is 11.1 Å². The lowest BCUT2D eigenvalue weighted by molar-refractivity contribution is -0.122. The number of carbonyl (C=O) groups is 1. The predicted molar refractivity (Wildman–Crippen MR) is 73.4 cm³/mol. The molecule has 0 saturated carbocycles. The third-order valence-electron chi connectivity index (χ3n) is 2.67. The molecule has 100 valence electrons. The van der Waals surface area contributed by atoms with Crippen LogP contribution in [-0.2, 0) is 11.3 Å². The molecule has 1 unspecified atom stereocenters. The fourth-order valence-corrected chi connectivity index (χ4v) is 1.93. The van der Waals surface area contributed by atoms with Gasteiger partial charge in [0.2, 0.25) is 5.91 Å². The van der Waals surface area contributed by atoms with Gasteiger partial charge in [-0.2, -0.15) is 0 Å². The number of nitrogens with two attached hydrogens (primary N) is 1. The molecule has 1 amide bonds. The van der Waals surface area contributed by atoms with E-state index < -0.39 is 6.04 Å². The smallest absolute Gasteiger partial charge is 0.237 e. The van der Waals surface area contributed by atoms with Gasteiger partial charge in [0.1, 0.15) is 5.82 Å². The van der Waals surface area contributed by atoms with E-state index in [1.807, 2.05) is 0 Å². The van der Waals surface area contributed by atoms with Crippen LogP contribution >= 0.6 is 15.9 Å². The van der Waals surface area contributed by atoms with Crippen molar-refractivity contribution in [1.82, 2.24) is 5.32 Å². The van der Waals surface area contributed by atoms with Crippen LogP contribution in [-0.4, -0.2) is 11.9 Å². The summed E-state index contributed by atoms with van der Waals surface area (Å²) in [6.07, 6.45) is 2.61. The molecular formula is C13H18BrFN2O. The largest absolute Gasteiger partial charge is 0.351 e. The minimum Gasteiger partial charge on any atom is -0.351 e. The molecule has 0 aliphatic rings. The highest BCUT2D eigenvalue weighted by Crippen LogP contribution is 2.17. The van der Waals surface area contributed by atoms with Crippen molar-refractivity contribution in [1.29, 1.82) is 0 Å². The third-order valence-corrected chi connectivity index (χ3v) is 3.44. The Hall–Kier alpha value is -0.940. The van der Waals surface area contributed by atoms with Crippen molar-refractivity contribution in [2.75, 3.05) is 0 Å². The molecule has 0 spiro atoms. The number of rotatable bonds is 6. The molecule has 0 radical (unpaired) electrons. The van der Waals surface area contributed by atoms with E-state index in [1.165, 1.54) is 12.1 Å². The van der Waals surface area contributed by atoms with Crippen molar-refractivity contribution in [3.05, 3.63) is 34.1 Å². The summed E-state index contributed by atoms with van der Waals surface area (Å²) in [5.41, 5.74) is 6.44. The maximum absolute atomic E-state index is 13.0. The molecule has 0 bridgehead atoms. The van der Waals surface area contributed by atoms with Crippen LogP contribution in [0.4, 0.5) is 4.39 Å². The SMILES string of the molecule is CCCCC(N)C(=O)NCc1cc(F)ccc1Br. The topological polar surface area (TPSA) is 55.1 Å². The maximum atomic E-state index is 13.0. The number of halogens is 2. The van der Waals surface area contributed by atoms with Crippen molar-refractivity contribution in [2.24, 2.45) is 5.73 Å². The molecule has 3 nitrogen and oxygen atoms in total. The first kappa shape index (κ1) is 15.1. The van der Waals surface area contributed by atoms with Crippen LogP contribution in [0.3, 0.4) is 0 Å². The number of hydrogen-bond acceptors (Lipinski definition) is 2. The standard InChI is InChI=1S/C13H18BrFN2O/c1-2-3-4-12(16)13(18)17-8-9-7-10(15)5-6-11(9)14/h5-7,12H,2-4,8,16H2,1H3,(H,17,18). The number of amides is 1. The van der Waals surface area contributed by atoms with Gasteiger partial charge in [0.15, 0.2) is 0 Å². The molecule has 18 heavy (non-hydrogen) atoms. The summed E-state index contributed by atoms with van der Waals surface area (Å²) < 4.78 is 13.8. The maximum Gasteiger partial charge on any atom is 0.237 e. The van der Waals surface area contributed by atoms with Gasteiger partial charge in [0, 0.05) is 11.0 Å². The molecule has 0 saturated heterocycles. The Kier molecular flexibility index (Phi) is 6.29. The summed E-state index contributed by atoms with van der Waals surface area (Å²) in [7, 11) is 0. The zero-order valence-electron chi connectivity index (χ0n) is 10.4. The van der Waals surface area contributed by atoms with E-state index in [9.17, 15) is 9.18 Å². The molecule has 1 rings (SSSR count). The van der Waals surface area contributed by atoms with Gasteiger partial charge in [-0.05, 0) is 30.2 Å². The van der Waals surface area contributed by atoms with Crippen molar-refractivity contribution in [3.8, 4) is 0 Å². The Morgan fingerprint density at radius 3 is 2.94 bits per heavy atom. The second kappa shape index (κ2) is 7.48. The molecule has 5 heteroatoms. The summed E-state index contributed by atoms with van der Waals surface area (Å²) in [5.74, 6) is -0.516. The molecule has 0 fully saturated rings. The van der Waals surface area contributed by atoms with Gasteiger partial charge in [-0.1, -0.05) is 35.7 Å². The van der Waals surface area contributed by atoms with Gasteiger partial charge >= 0.3 is 0 Å². The second-order valence-corrected chi connectivity index (χ2v) is 5.06. The summed E-state index contributed by atoms with van der Waals surface area (Å²) in [6, 6.07) is 3.88. The van der Waals surface area contributed by atoms with Gasteiger partial charge in [0.05, 0.1) is 6.04 Å². The van der Waals surface area contributed by atoms with Gasteiger partial charge in [-0.15, -0.1) is 0 Å². The molecular weight excluding hydrogens is 299 g/mol. The fraction of sp³-hybridized carbons (Fsp3) is 0.462. The van der Waals surface area contributed by atoms with Crippen LogP contribution in [0.15, 0.2) is 22.7 Å². The molecule has 1 aromatic carbocycles. The van der Waals surface area contributed by atoms with E-state index in [0.29, 0.717) is 12.0 Å². The minimum absolute atomic E-state index is 0.195. The highest BCUT2D eigenvalue weighted by atomic mass is 79.9. The predicted octanol–water partition coefficient (Wildman–Crippen LogP) is 2.72. The first-order valence-electron chi connectivity index (χ1n) is 6.01. The lowest BCUT2D eigenvalue weighted by Crippen LogP contribution is -2.40. The van der Waals surface area contributed by atoms with Gasteiger partial charge in [-0.25, -0.2) is 4.39 Å². The molecule has 3 N–H and O–H groups in total. The van der Waals surface area contributed by atoms with E-state index in [4.69, 9.17) is 5.73 Å². The summed E-state index contributed by atoms with van der Waals surface area (Å²) in [4.78, 5) is 11.7. The number of hydrogen-bond donors (Lipinski definition) is 2. The summed E-state index contributed by atoms with van der Waals surface area (Å²) in [6.45, 7) is 2.32. The third kappa shape index (κ3) is 4.74. The van der Waals surface area contributed by atoms with E-state index in [2.05, 4.69) is 28.2 Å². The molecule has 0 aromatic heterocycles. The van der Waals surface area contributed by atoms with Gasteiger partial charge in [-0.3, -0.25) is 4.79 Å². The quantitative estimate of drug-likeness (QED) is 0.847. The number of unbranched alkanes of at least 4 members (excludes halogenated alkanes) is 1. The highest BCUT2D eigenvalue weighted by molar-refractivity contribution is 9.10. The first-order chi connectivity index (χ1) is 8.54. The molecule has 1 atom stereocenters. The molecule has 0 aliphatic carbocycles. The number of carbonyl (C=O) groups excluding carboxylic acids is 1. The average molecular weight is 317 g/mol. The number of benzene rings is 1. The minimum atomic E-state index is -0.489. The van der Waals surface area contributed by atoms with Crippen molar-refractivity contribution >= 4 is 21.8 Å². The van der Waals surface area contributed by atoms with Crippen LogP contribution in [0.25, 0.3) is 0 Å². The van der Waals surface area contributed by atoms with Gasteiger partial charge in [0.25, 0.3) is 0 Å². The van der Waals surface area contributed by atoms with E-state index >= 15 is 0 Å². The fourth-order valence-electron chi connectivity index (χ4n) is 1.55. The van der Waals surface area contributed by atoms with Crippen LogP contribution in [0.1, 0.15) is 31.7 Å². The summed E-state index contributed by atoms with van der Waals surface area (Å²) in [5, 5.41) is 2.72. The summed E-state index contributed by atoms with van der Waals surface area (Å²) >= 11 is 3.31. The van der Waals surface area contributed by atoms with Crippen LogP contribution in [0, 0.1) is 5.82 Å². The van der Waals surface area contributed by atoms with Crippen molar-refractivity contribution in [3.63, 3.8) is 0 Å². The lowest BCUT2D eigenvalue weighted by atomic mass is 10.1. The van der Waals surface area contributed by atoms with Crippen LogP contribution in [0.5, 0.6) is 0 Å². The first-order valence-corrected chi connectivity index (χ1v) is 6.81. The Balaban J connectivity index is 2.49. The molecule has 0 aliphatic heterocycles. The van der Waals surface area contributed by atoms with Crippen molar-refractivity contribution < 1.29 is 9.18 Å². The van der Waals surface area contributed by atoms with E-state index in [1.54, 1.807) is 6.07 Å². The zero-order valence-corrected chi connectivity index (χ0v) is 12.0. The second-order valence-electron chi connectivity index (χ2n) is 4.20. The molecule has 1 aromatic rings. The van der Waals surface area contributed by atoms with Crippen molar-refractivity contribution in [2.45, 2.75) is 38.8 Å². The normalized spacial score (nSPS) is 12.2. The Bertz CT molecular complexity index is 412. The average Bonchev–Trinajstić information content (AvgIpc) is 2.36. The Morgan fingerprint density at radius 2 is 2.28 bits per heavy atom. The van der Waals surface area contributed by atoms with Crippen LogP contribution in [0.2, 0.25) is 0 Å². The zero-order chi connectivity index (χ0) is 13.5. The Morgan fingerprint density at radius 1 is 1.56 bits per heavy atom. The monoisotopic (exact) mass is 316 g/mol. The van der Waals surface area contributed by atoms with E-state index in [-0.39, 0.29) is 18.3 Å². The lowest BCUT2D eigenvalue weighted by Gasteiger charge is -2.12. The molecule has 0 heterocycles. The van der Waals surface area contributed by atoms with Gasteiger partial charge < -0.3 is 11.1 Å². The number of nitrogens with one attached hydrogen (secondary N) is 1. The van der Waals surface area contributed by atoms with E-state index in [0.717, 1.165) is 17.3 Å².